The second-order valence-corrected chi connectivity index (χ2v) is 5.67. The summed E-state index contributed by atoms with van der Waals surface area (Å²) in [4.78, 5) is 7.61. The van der Waals surface area contributed by atoms with Crippen molar-refractivity contribution in [2.24, 2.45) is 5.73 Å². The molecular weight excluding hydrogens is 254 g/mol. The molecule has 0 amide bonds. The molecule has 0 saturated heterocycles. The first-order valence-electron chi connectivity index (χ1n) is 6.47. The number of hydrogen-bond acceptors (Lipinski definition) is 3. The fraction of sp³-hybridized carbons (Fsp3) is 0.333. The zero-order valence-corrected chi connectivity index (χ0v) is 12.0. The van der Waals surface area contributed by atoms with Crippen molar-refractivity contribution in [2.45, 2.75) is 19.9 Å². The van der Waals surface area contributed by atoms with Crippen LogP contribution in [0.1, 0.15) is 22.4 Å². The number of thiocarbonyl (C=S) groups is 1. The van der Waals surface area contributed by atoms with Gasteiger partial charge in [0.25, 0.3) is 0 Å². The average Bonchev–Trinajstić information content (AvgIpc) is 2.36. The highest BCUT2D eigenvalue weighted by atomic mass is 32.1. The average molecular weight is 271 g/mol. The third kappa shape index (κ3) is 2.01. The van der Waals surface area contributed by atoms with Crippen LogP contribution in [0.4, 0.5) is 0 Å². The Bertz CT molecular complexity index is 679. The number of benzene rings is 1. The molecule has 0 spiro atoms. The van der Waals surface area contributed by atoms with E-state index in [1.54, 1.807) is 0 Å². The summed E-state index contributed by atoms with van der Waals surface area (Å²) in [5.41, 5.74) is 11.6. The summed E-state index contributed by atoms with van der Waals surface area (Å²) in [5.74, 6) is 0. The molecule has 2 N–H and O–H groups in total. The summed E-state index contributed by atoms with van der Waals surface area (Å²) in [7, 11) is 2.12. The molecule has 1 aliphatic heterocycles. The zero-order valence-electron chi connectivity index (χ0n) is 11.2. The number of para-hydroxylation sites is 1. The lowest BCUT2D eigenvalue weighted by Crippen LogP contribution is -2.30. The molecule has 1 aromatic heterocycles. The monoisotopic (exact) mass is 271 g/mol. The van der Waals surface area contributed by atoms with Gasteiger partial charge in [-0.15, -0.1) is 0 Å². The highest BCUT2D eigenvalue weighted by molar-refractivity contribution is 7.80. The van der Waals surface area contributed by atoms with E-state index in [0.717, 1.165) is 41.7 Å². The molecule has 2 heterocycles. The van der Waals surface area contributed by atoms with Crippen molar-refractivity contribution >= 4 is 28.1 Å². The number of pyridine rings is 1. The molecule has 2 aromatic rings. The molecule has 19 heavy (non-hydrogen) atoms. The minimum Gasteiger partial charge on any atom is -0.389 e. The first kappa shape index (κ1) is 12.5. The van der Waals surface area contributed by atoms with Gasteiger partial charge in [-0.1, -0.05) is 30.4 Å². The summed E-state index contributed by atoms with van der Waals surface area (Å²) >= 11 is 5.29. The van der Waals surface area contributed by atoms with Crippen LogP contribution in [0.15, 0.2) is 18.2 Å². The van der Waals surface area contributed by atoms with E-state index in [1.165, 1.54) is 11.1 Å². The van der Waals surface area contributed by atoms with E-state index in [1.807, 2.05) is 6.07 Å². The first-order chi connectivity index (χ1) is 9.08. The maximum absolute atomic E-state index is 5.98. The summed E-state index contributed by atoms with van der Waals surface area (Å²) in [6, 6.07) is 6.19. The van der Waals surface area contributed by atoms with Gasteiger partial charge in [0, 0.05) is 36.2 Å². The largest absolute Gasteiger partial charge is 0.389 e. The molecule has 1 aliphatic rings. The topological polar surface area (TPSA) is 42.1 Å². The molecule has 4 heteroatoms. The fourth-order valence-electron chi connectivity index (χ4n) is 2.82. The molecule has 0 fully saturated rings. The molecule has 0 aliphatic carbocycles. The van der Waals surface area contributed by atoms with Crippen molar-refractivity contribution in [3.63, 3.8) is 0 Å². The highest BCUT2D eigenvalue weighted by Crippen LogP contribution is 2.29. The van der Waals surface area contributed by atoms with Gasteiger partial charge >= 0.3 is 0 Å². The highest BCUT2D eigenvalue weighted by Gasteiger charge is 2.22. The number of nitrogens with zero attached hydrogens (tertiary/aromatic N) is 2. The number of nitrogens with two attached hydrogens (primary N) is 1. The van der Waals surface area contributed by atoms with E-state index in [9.17, 15) is 0 Å². The van der Waals surface area contributed by atoms with Crippen LogP contribution in [-0.2, 0) is 13.0 Å². The summed E-state index contributed by atoms with van der Waals surface area (Å²) in [5, 5.41) is 1.08. The molecule has 0 unspecified atom stereocenters. The Hall–Kier alpha value is -1.52. The Balaban J connectivity index is 2.40. The smallest absolute Gasteiger partial charge is 0.105 e. The molecule has 98 valence electrons. The Labute approximate surface area is 118 Å². The fourth-order valence-corrected chi connectivity index (χ4v) is 3.06. The molecular formula is C15H17N3S. The van der Waals surface area contributed by atoms with Crippen LogP contribution in [-0.4, -0.2) is 28.5 Å². The number of hydrogen-bond donors (Lipinski definition) is 1. The molecule has 3 rings (SSSR count). The first-order valence-corrected chi connectivity index (χ1v) is 6.88. The second kappa shape index (κ2) is 4.54. The van der Waals surface area contributed by atoms with Crippen LogP contribution in [0.25, 0.3) is 10.9 Å². The lowest BCUT2D eigenvalue weighted by molar-refractivity contribution is 0.310. The second-order valence-electron chi connectivity index (χ2n) is 5.24. The van der Waals surface area contributed by atoms with Crippen LogP contribution < -0.4 is 5.73 Å². The number of likely N-dealkylation sites (N-methyl/N-ethyl adjacent to an activating group) is 1. The maximum Gasteiger partial charge on any atom is 0.105 e. The van der Waals surface area contributed by atoms with Crippen LogP contribution in [0.3, 0.4) is 0 Å². The van der Waals surface area contributed by atoms with E-state index in [0.29, 0.717) is 4.99 Å². The van der Waals surface area contributed by atoms with Crippen LogP contribution in [0.5, 0.6) is 0 Å². The van der Waals surface area contributed by atoms with Gasteiger partial charge in [-0.2, -0.15) is 0 Å². The molecule has 0 bridgehead atoms. The van der Waals surface area contributed by atoms with Crippen molar-refractivity contribution in [1.29, 1.82) is 0 Å². The molecule has 1 aromatic carbocycles. The molecule has 0 saturated carbocycles. The summed E-state index contributed by atoms with van der Waals surface area (Å²) in [6.07, 6.45) is 0.964. The standard InChI is InChI=1S/C15H17N3S/c1-9-4-3-5-10-13(15(16)19)11-8-18(2)7-6-12(11)17-14(9)10/h3-5H,6-8H2,1-2H3,(H2,16,19). The van der Waals surface area contributed by atoms with E-state index in [4.69, 9.17) is 22.9 Å². The van der Waals surface area contributed by atoms with Gasteiger partial charge in [0.2, 0.25) is 0 Å². The minimum atomic E-state index is 0.476. The normalized spacial score (nSPS) is 15.5. The molecule has 3 nitrogen and oxygen atoms in total. The van der Waals surface area contributed by atoms with Crippen molar-refractivity contribution in [2.75, 3.05) is 13.6 Å². The van der Waals surface area contributed by atoms with Gasteiger partial charge in [-0.3, -0.25) is 4.98 Å². The van der Waals surface area contributed by atoms with E-state index in [-0.39, 0.29) is 0 Å². The third-order valence-electron chi connectivity index (χ3n) is 3.81. The van der Waals surface area contributed by atoms with Crippen LogP contribution >= 0.6 is 12.2 Å². The van der Waals surface area contributed by atoms with Crippen LogP contribution in [0.2, 0.25) is 0 Å². The lowest BCUT2D eigenvalue weighted by atomic mass is 9.95. The SMILES string of the molecule is Cc1cccc2c(C(N)=S)c3c(nc12)CCN(C)C3. The number of fused-ring (bicyclic) bond motifs is 2. The van der Waals surface area contributed by atoms with Crippen molar-refractivity contribution in [3.8, 4) is 0 Å². The minimum absolute atomic E-state index is 0.476. The molecule has 0 radical (unpaired) electrons. The van der Waals surface area contributed by atoms with Gasteiger partial charge in [-0.25, -0.2) is 0 Å². The van der Waals surface area contributed by atoms with Gasteiger partial charge in [0.15, 0.2) is 0 Å². The Morgan fingerprint density at radius 1 is 1.42 bits per heavy atom. The van der Waals surface area contributed by atoms with Crippen molar-refractivity contribution in [1.82, 2.24) is 9.88 Å². The summed E-state index contributed by atoms with van der Waals surface area (Å²) in [6.45, 7) is 3.99. The predicted octanol–water partition coefficient (Wildman–Crippen LogP) is 2.17. The summed E-state index contributed by atoms with van der Waals surface area (Å²) < 4.78 is 0. The number of aromatic nitrogens is 1. The Morgan fingerprint density at radius 3 is 2.95 bits per heavy atom. The van der Waals surface area contributed by atoms with E-state index >= 15 is 0 Å². The number of aryl methyl sites for hydroxylation is 1. The maximum atomic E-state index is 5.98. The number of rotatable bonds is 1. The lowest BCUT2D eigenvalue weighted by Gasteiger charge is -2.27. The zero-order chi connectivity index (χ0) is 13.6. The van der Waals surface area contributed by atoms with Crippen LogP contribution in [0, 0.1) is 6.92 Å². The van der Waals surface area contributed by atoms with E-state index < -0.39 is 0 Å². The van der Waals surface area contributed by atoms with Crippen molar-refractivity contribution < 1.29 is 0 Å². The molecule has 0 atom stereocenters. The third-order valence-corrected chi connectivity index (χ3v) is 4.01. The Kier molecular flexibility index (Phi) is 2.99. The van der Waals surface area contributed by atoms with Crippen molar-refractivity contribution in [3.05, 3.63) is 40.6 Å². The van der Waals surface area contributed by atoms with Gasteiger partial charge in [0.1, 0.15) is 4.99 Å². The van der Waals surface area contributed by atoms with Gasteiger partial charge in [0.05, 0.1) is 5.52 Å². The van der Waals surface area contributed by atoms with Gasteiger partial charge < -0.3 is 10.6 Å². The van der Waals surface area contributed by atoms with Gasteiger partial charge in [-0.05, 0) is 25.1 Å². The quantitative estimate of drug-likeness (QED) is 0.807. The predicted molar refractivity (Wildman–Crippen MR) is 82.4 cm³/mol. The Morgan fingerprint density at radius 2 is 2.21 bits per heavy atom. The van der Waals surface area contributed by atoms with E-state index in [2.05, 4.69) is 31.0 Å².